The van der Waals surface area contributed by atoms with E-state index in [1.165, 1.54) is 0 Å². The van der Waals surface area contributed by atoms with Crippen molar-refractivity contribution in [3.05, 3.63) is 30.6 Å². The van der Waals surface area contributed by atoms with E-state index in [0.717, 1.165) is 30.4 Å². The van der Waals surface area contributed by atoms with Gasteiger partial charge in [-0.15, -0.1) is 0 Å². The van der Waals surface area contributed by atoms with Gasteiger partial charge in [0.25, 0.3) is 0 Å². The third-order valence-electron chi connectivity index (χ3n) is 3.68. The van der Waals surface area contributed by atoms with Crippen LogP contribution in [-0.4, -0.2) is 27.5 Å². The second kappa shape index (κ2) is 6.72. The fraction of sp³-hybridized carbons (Fsp3) is 0.500. The molecule has 2 aromatic rings. The summed E-state index contributed by atoms with van der Waals surface area (Å²) in [7, 11) is 0. The molecule has 1 aromatic carbocycles. The standard InChI is InChI=1S/C16H24N4O/c1-3-9-16(2,17)15(21)18-10-6-11-20-12-19-13-7-4-5-8-14(13)20/h4-5,7-8,12H,3,6,9-11,17H2,1-2H3,(H,18,21). The maximum absolute atomic E-state index is 12.0. The van der Waals surface area contributed by atoms with E-state index < -0.39 is 5.54 Å². The molecule has 0 saturated heterocycles. The molecule has 1 amide bonds. The highest BCUT2D eigenvalue weighted by Gasteiger charge is 2.26. The van der Waals surface area contributed by atoms with Gasteiger partial charge in [-0.1, -0.05) is 25.5 Å². The largest absolute Gasteiger partial charge is 0.354 e. The molecular formula is C16H24N4O. The molecule has 0 radical (unpaired) electrons. The van der Waals surface area contributed by atoms with E-state index in [1.54, 1.807) is 6.92 Å². The van der Waals surface area contributed by atoms with Gasteiger partial charge in [0.15, 0.2) is 0 Å². The molecule has 2 rings (SSSR count). The molecule has 1 atom stereocenters. The molecule has 3 N–H and O–H groups in total. The number of nitrogens with zero attached hydrogens (tertiary/aromatic N) is 2. The van der Waals surface area contributed by atoms with Crippen molar-refractivity contribution in [3.8, 4) is 0 Å². The van der Waals surface area contributed by atoms with Crippen LogP contribution in [0, 0.1) is 0 Å². The first-order valence-corrected chi connectivity index (χ1v) is 7.51. The van der Waals surface area contributed by atoms with Gasteiger partial charge in [-0.3, -0.25) is 4.79 Å². The Morgan fingerprint density at radius 3 is 2.95 bits per heavy atom. The van der Waals surface area contributed by atoms with Crippen molar-refractivity contribution in [1.82, 2.24) is 14.9 Å². The van der Waals surface area contributed by atoms with Gasteiger partial charge in [0.1, 0.15) is 0 Å². The average Bonchev–Trinajstić information content (AvgIpc) is 2.86. The number of rotatable bonds is 7. The number of fused-ring (bicyclic) bond motifs is 1. The lowest BCUT2D eigenvalue weighted by Gasteiger charge is -2.22. The van der Waals surface area contributed by atoms with Crippen LogP contribution >= 0.6 is 0 Å². The van der Waals surface area contributed by atoms with Crippen molar-refractivity contribution in [3.63, 3.8) is 0 Å². The zero-order valence-corrected chi connectivity index (χ0v) is 12.8. The van der Waals surface area contributed by atoms with E-state index >= 15 is 0 Å². The Bertz CT molecular complexity index is 603. The Morgan fingerprint density at radius 2 is 2.19 bits per heavy atom. The Kier molecular flexibility index (Phi) is 4.96. The summed E-state index contributed by atoms with van der Waals surface area (Å²) >= 11 is 0. The predicted octanol–water partition coefficient (Wildman–Crippen LogP) is 2.06. The van der Waals surface area contributed by atoms with Gasteiger partial charge in [0.05, 0.1) is 22.9 Å². The summed E-state index contributed by atoms with van der Waals surface area (Å²) in [6, 6.07) is 8.04. The van der Waals surface area contributed by atoms with Gasteiger partial charge < -0.3 is 15.6 Å². The Balaban J connectivity index is 1.81. The lowest BCUT2D eigenvalue weighted by molar-refractivity contribution is -0.126. The van der Waals surface area contributed by atoms with Crippen molar-refractivity contribution in [2.75, 3.05) is 6.54 Å². The minimum absolute atomic E-state index is 0.0696. The number of nitrogens with one attached hydrogen (secondary N) is 1. The molecule has 21 heavy (non-hydrogen) atoms. The van der Waals surface area contributed by atoms with Crippen LogP contribution in [0.3, 0.4) is 0 Å². The molecule has 5 nitrogen and oxygen atoms in total. The number of carbonyl (C=O) groups excluding carboxylic acids is 1. The molecule has 0 spiro atoms. The number of nitrogens with two attached hydrogens (primary N) is 1. The summed E-state index contributed by atoms with van der Waals surface area (Å²) in [6.45, 7) is 5.27. The van der Waals surface area contributed by atoms with Crippen LogP contribution in [0.1, 0.15) is 33.1 Å². The van der Waals surface area contributed by atoms with Crippen LogP contribution in [0.2, 0.25) is 0 Å². The summed E-state index contributed by atoms with van der Waals surface area (Å²) in [5, 5.41) is 2.92. The van der Waals surface area contributed by atoms with Gasteiger partial charge >= 0.3 is 0 Å². The lowest BCUT2D eigenvalue weighted by atomic mass is 9.96. The van der Waals surface area contributed by atoms with Crippen molar-refractivity contribution in [2.45, 2.75) is 45.2 Å². The maximum atomic E-state index is 12.0. The fourth-order valence-corrected chi connectivity index (χ4v) is 2.47. The number of para-hydroxylation sites is 2. The molecule has 0 aliphatic carbocycles. The summed E-state index contributed by atoms with van der Waals surface area (Å²) in [5.74, 6) is -0.0696. The quantitative estimate of drug-likeness (QED) is 0.766. The first-order chi connectivity index (χ1) is 10.0. The Hall–Kier alpha value is -1.88. The van der Waals surface area contributed by atoms with Gasteiger partial charge in [-0.2, -0.15) is 0 Å². The van der Waals surface area contributed by atoms with Crippen molar-refractivity contribution < 1.29 is 4.79 Å². The highest BCUT2D eigenvalue weighted by atomic mass is 16.2. The zero-order chi connectivity index (χ0) is 15.3. The van der Waals surface area contributed by atoms with E-state index in [4.69, 9.17) is 5.73 Å². The normalized spacial score (nSPS) is 14.0. The van der Waals surface area contributed by atoms with E-state index in [0.29, 0.717) is 13.0 Å². The van der Waals surface area contributed by atoms with Crippen molar-refractivity contribution in [2.24, 2.45) is 5.73 Å². The van der Waals surface area contributed by atoms with Crippen LogP contribution in [0.5, 0.6) is 0 Å². The number of hydrogen-bond donors (Lipinski definition) is 2. The minimum Gasteiger partial charge on any atom is -0.354 e. The Labute approximate surface area is 125 Å². The van der Waals surface area contributed by atoms with Gasteiger partial charge in [-0.25, -0.2) is 4.98 Å². The average molecular weight is 288 g/mol. The maximum Gasteiger partial charge on any atom is 0.239 e. The van der Waals surface area contributed by atoms with E-state index in [9.17, 15) is 4.79 Å². The molecule has 1 unspecified atom stereocenters. The molecule has 0 saturated carbocycles. The van der Waals surface area contributed by atoms with E-state index in [1.807, 2.05) is 31.5 Å². The van der Waals surface area contributed by atoms with Crippen LogP contribution in [-0.2, 0) is 11.3 Å². The number of aryl methyl sites for hydroxylation is 1. The molecule has 5 heteroatoms. The monoisotopic (exact) mass is 288 g/mol. The first-order valence-electron chi connectivity index (χ1n) is 7.51. The lowest BCUT2D eigenvalue weighted by Crippen LogP contribution is -2.51. The second-order valence-corrected chi connectivity index (χ2v) is 5.70. The summed E-state index contributed by atoms with van der Waals surface area (Å²) in [4.78, 5) is 16.3. The second-order valence-electron chi connectivity index (χ2n) is 5.70. The Morgan fingerprint density at radius 1 is 1.43 bits per heavy atom. The molecule has 1 aromatic heterocycles. The SMILES string of the molecule is CCCC(C)(N)C(=O)NCCCn1cnc2ccccc21. The summed E-state index contributed by atoms with van der Waals surface area (Å²) in [5.41, 5.74) is 7.35. The third-order valence-corrected chi connectivity index (χ3v) is 3.68. The molecule has 0 aliphatic heterocycles. The molecular weight excluding hydrogens is 264 g/mol. The van der Waals surface area contributed by atoms with Crippen molar-refractivity contribution in [1.29, 1.82) is 0 Å². The number of benzene rings is 1. The molecule has 114 valence electrons. The molecule has 1 heterocycles. The molecule has 0 aliphatic rings. The smallest absolute Gasteiger partial charge is 0.239 e. The number of amides is 1. The fourth-order valence-electron chi connectivity index (χ4n) is 2.47. The van der Waals surface area contributed by atoms with Gasteiger partial charge in [-0.05, 0) is 31.9 Å². The predicted molar refractivity (Wildman–Crippen MR) is 84.9 cm³/mol. The van der Waals surface area contributed by atoms with Crippen molar-refractivity contribution >= 4 is 16.9 Å². The third kappa shape index (κ3) is 3.82. The first kappa shape index (κ1) is 15.5. The minimum atomic E-state index is -0.767. The molecule has 0 bridgehead atoms. The topological polar surface area (TPSA) is 72.9 Å². The zero-order valence-electron chi connectivity index (χ0n) is 12.8. The van der Waals surface area contributed by atoms with Gasteiger partial charge in [0, 0.05) is 13.1 Å². The van der Waals surface area contributed by atoms with Crippen LogP contribution in [0.25, 0.3) is 11.0 Å². The number of carbonyl (C=O) groups is 1. The highest BCUT2D eigenvalue weighted by Crippen LogP contribution is 2.12. The van der Waals surface area contributed by atoms with Crippen LogP contribution in [0.4, 0.5) is 0 Å². The summed E-state index contributed by atoms with van der Waals surface area (Å²) in [6.07, 6.45) is 4.30. The number of hydrogen-bond acceptors (Lipinski definition) is 3. The van der Waals surface area contributed by atoms with E-state index in [2.05, 4.69) is 20.9 Å². The number of aromatic nitrogens is 2. The van der Waals surface area contributed by atoms with Crippen LogP contribution < -0.4 is 11.1 Å². The van der Waals surface area contributed by atoms with Gasteiger partial charge in [0.2, 0.25) is 5.91 Å². The number of imidazole rings is 1. The highest BCUT2D eigenvalue weighted by molar-refractivity contribution is 5.85. The van der Waals surface area contributed by atoms with E-state index in [-0.39, 0.29) is 5.91 Å². The van der Waals surface area contributed by atoms with Crippen LogP contribution in [0.15, 0.2) is 30.6 Å². The molecule has 0 fully saturated rings. The summed E-state index contributed by atoms with van der Waals surface area (Å²) < 4.78 is 2.11.